The van der Waals surface area contributed by atoms with E-state index in [0.717, 1.165) is 22.5 Å². The largest absolute Gasteiger partial charge is 0.490 e. The highest BCUT2D eigenvalue weighted by Gasteiger charge is 2.39. The van der Waals surface area contributed by atoms with Crippen molar-refractivity contribution >= 4 is 11.8 Å². The fourth-order valence-electron chi connectivity index (χ4n) is 4.69. The zero-order valence-electron chi connectivity index (χ0n) is 19.0. The highest BCUT2D eigenvalue weighted by Crippen LogP contribution is 2.46. The van der Waals surface area contributed by atoms with Gasteiger partial charge in [0.1, 0.15) is 0 Å². The molecular formula is C27H26N2O4. The molecule has 33 heavy (non-hydrogen) atoms. The van der Waals surface area contributed by atoms with Crippen LogP contribution in [-0.4, -0.2) is 18.4 Å². The van der Waals surface area contributed by atoms with Gasteiger partial charge in [0.15, 0.2) is 17.3 Å². The van der Waals surface area contributed by atoms with Gasteiger partial charge >= 0.3 is 5.97 Å². The average molecular weight is 443 g/mol. The summed E-state index contributed by atoms with van der Waals surface area (Å²) >= 11 is 0. The molecule has 2 aliphatic rings. The van der Waals surface area contributed by atoms with Gasteiger partial charge in [-0.1, -0.05) is 36.4 Å². The van der Waals surface area contributed by atoms with E-state index in [1.807, 2.05) is 32.0 Å². The van der Waals surface area contributed by atoms with Gasteiger partial charge in [-0.05, 0) is 49.4 Å². The summed E-state index contributed by atoms with van der Waals surface area (Å²) in [4.78, 5) is 24.9. The Morgan fingerprint density at radius 1 is 1.12 bits per heavy atom. The first-order chi connectivity index (χ1) is 15.9. The number of nitrogens with one attached hydrogen (secondary N) is 1. The van der Waals surface area contributed by atoms with Gasteiger partial charge in [0.05, 0.1) is 24.2 Å². The zero-order chi connectivity index (χ0) is 23.5. The zero-order valence-corrected chi connectivity index (χ0v) is 19.0. The van der Waals surface area contributed by atoms with Gasteiger partial charge in [-0.25, -0.2) is 0 Å². The van der Waals surface area contributed by atoms with Gasteiger partial charge in [-0.15, -0.1) is 0 Å². The van der Waals surface area contributed by atoms with Crippen LogP contribution in [-0.2, 0) is 9.59 Å². The maximum absolute atomic E-state index is 13.5. The van der Waals surface area contributed by atoms with E-state index in [9.17, 15) is 14.9 Å². The van der Waals surface area contributed by atoms with E-state index in [1.165, 1.54) is 6.92 Å². The molecule has 0 saturated carbocycles. The third-order valence-corrected chi connectivity index (χ3v) is 6.07. The second kappa shape index (κ2) is 9.33. The minimum absolute atomic E-state index is 0.0323. The number of hydrogen-bond donors (Lipinski definition) is 1. The molecule has 0 fully saturated rings. The Bertz CT molecular complexity index is 1200. The fraction of sp³-hybridized carbons (Fsp3) is 0.296. The number of esters is 1. The molecule has 1 heterocycles. The first-order valence-electron chi connectivity index (χ1n) is 11.1. The highest BCUT2D eigenvalue weighted by molar-refractivity contribution is 6.00. The second-order valence-corrected chi connectivity index (χ2v) is 8.27. The van der Waals surface area contributed by atoms with Crippen molar-refractivity contribution in [1.29, 1.82) is 5.26 Å². The third-order valence-electron chi connectivity index (χ3n) is 6.07. The van der Waals surface area contributed by atoms with Crippen LogP contribution in [0, 0.1) is 11.3 Å². The monoisotopic (exact) mass is 442 g/mol. The predicted octanol–water partition coefficient (Wildman–Crippen LogP) is 4.90. The van der Waals surface area contributed by atoms with E-state index >= 15 is 0 Å². The molecule has 0 saturated heterocycles. The number of nitriles is 1. The number of ketones is 1. The smallest absolute Gasteiger partial charge is 0.308 e. The lowest BCUT2D eigenvalue weighted by Crippen LogP contribution is -2.33. The van der Waals surface area contributed by atoms with Crippen LogP contribution >= 0.6 is 0 Å². The van der Waals surface area contributed by atoms with E-state index in [2.05, 4.69) is 23.5 Å². The van der Waals surface area contributed by atoms with Crippen molar-refractivity contribution in [2.24, 2.45) is 0 Å². The number of Topliss-reactive ketones (excluding diaryl/α,β-unsaturated/α-hetero) is 1. The van der Waals surface area contributed by atoms with Crippen LogP contribution in [0.1, 0.15) is 56.6 Å². The Labute approximate surface area is 193 Å². The number of dihydropyridines is 1. The Kier molecular flexibility index (Phi) is 6.32. The molecule has 168 valence electrons. The van der Waals surface area contributed by atoms with Gasteiger partial charge in [0.2, 0.25) is 0 Å². The van der Waals surface area contributed by atoms with Crippen LogP contribution in [0.3, 0.4) is 0 Å². The van der Waals surface area contributed by atoms with Gasteiger partial charge in [-0.3, -0.25) is 9.59 Å². The van der Waals surface area contributed by atoms with Crippen LogP contribution in [0.2, 0.25) is 0 Å². The summed E-state index contributed by atoms with van der Waals surface area (Å²) < 4.78 is 11.0. The van der Waals surface area contributed by atoms with Crippen molar-refractivity contribution in [3.63, 3.8) is 0 Å². The third kappa shape index (κ3) is 4.40. The summed E-state index contributed by atoms with van der Waals surface area (Å²) in [5.74, 6) is -0.0995. The molecule has 1 aliphatic carbocycles. The summed E-state index contributed by atoms with van der Waals surface area (Å²) in [6.45, 7) is 5.42. The number of nitrogens with zero attached hydrogens (tertiary/aromatic N) is 1. The molecule has 0 radical (unpaired) electrons. The second-order valence-electron chi connectivity index (χ2n) is 8.27. The number of carbonyl (C=O) groups is 2. The molecule has 6 heteroatoms. The quantitative estimate of drug-likeness (QED) is 0.524. The van der Waals surface area contributed by atoms with E-state index in [1.54, 1.807) is 18.2 Å². The molecule has 0 spiro atoms. The number of carbonyl (C=O) groups excluding carboxylic acids is 2. The Hall–Kier alpha value is -3.85. The van der Waals surface area contributed by atoms with Crippen molar-refractivity contribution in [3.8, 4) is 17.6 Å². The normalized spacial score (nSPS) is 20.0. The summed E-state index contributed by atoms with van der Waals surface area (Å²) in [6, 6.07) is 17.6. The van der Waals surface area contributed by atoms with Crippen molar-refractivity contribution in [2.45, 2.75) is 45.4 Å². The molecule has 1 aliphatic heterocycles. The van der Waals surface area contributed by atoms with Crippen molar-refractivity contribution in [1.82, 2.24) is 5.32 Å². The number of allylic oxidation sites excluding steroid dienone is 4. The molecule has 6 nitrogen and oxygen atoms in total. The van der Waals surface area contributed by atoms with Gasteiger partial charge in [-0.2, -0.15) is 5.26 Å². The lowest BCUT2D eigenvalue weighted by Gasteiger charge is -2.35. The van der Waals surface area contributed by atoms with Crippen LogP contribution in [0.5, 0.6) is 11.5 Å². The molecule has 0 aromatic heterocycles. The van der Waals surface area contributed by atoms with Crippen LogP contribution in [0.25, 0.3) is 0 Å². The number of ether oxygens (including phenoxy) is 2. The van der Waals surface area contributed by atoms with E-state index in [4.69, 9.17) is 9.47 Å². The topological polar surface area (TPSA) is 88.4 Å². The highest BCUT2D eigenvalue weighted by atomic mass is 16.6. The molecule has 0 unspecified atom stereocenters. The summed E-state index contributed by atoms with van der Waals surface area (Å²) in [5, 5.41) is 13.3. The Balaban J connectivity index is 1.79. The van der Waals surface area contributed by atoms with Crippen molar-refractivity contribution in [2.75, 3.05) is 6.61 Å². The van der Waals surface area contributed by atoms with Crippen molar-refractivity contribution < 1.29 is 19.1 Å². The number of benzene rings is 2. The first kappa shape index (κ1) is 22.3. The molecular weight excluding hydrogens is 416 g/mol. The molecule has 0 bridgehead atoms. The summed E-state index contributed by atoms with van der Waals surface area (Å²) in [7, 11) is 0. The van der Waals surface area contributed by atoms with Gasteiger partial charge < -0.3 is 14.8 Å². The number of rotatable bonds is 5. The lowest BCUT2D eigenvalue weighted by atomic mass is 9.72. The molecule has 4 rings (SSSR count). The molecule has 1 N–H and O–H groups in total. The van der Waals surface area contributed by atoms with Crippen LogP contribution < -0.4 is 14.8 Å². The molecule has 2 aromatic rings. The van der Waals surface area contributed by atoms with E-state index in [0.29, 0.717) is 42.1 Å². The van der Waals surface area contributed by atoms with Gasteiger partial charge in [0, 0.05) is 30.3 Å². The minimum atomic E-state index is -0.499. The van der Waals surface area contributed by atoms with Gasteiger partial charge in [0.25, 0.3) is 0 Å². The maximum Gasteiger partial charge on any atom is 0.308 e. The standard InChI is InChI=1S/C27H26N2O4/c1-4-32-25-14-19(10-11-24(25)33-17(3)30)26-21(15-28)16(2)29-22-12-20(13-23(31)27(22)26)18-8-6-5-7-9-18/h5-11,14,20,26,29H,4,12-13H2,1-3H3/t20-,26-/m1/s1. The van der Waals surface area contributed by atoms with Crippen LogP contribution in [0.4, 0.5) is 0 Å². The van der Waals surface area contributed by atoms with Crippen LogP contribution in [0.15, 0.2) is 71.1 Å². The van der Waals surface area contributed by atoms with E-state index in [-0.39, 0.29) is 11.7 Å². The average Bonchev–Trinajstić information content (AvgIpc) is 2.79. The summed E-state index contributed by atoms with van der Waals surface area (Å²) in [5.41, 5.74) is 4.63. The number of hydrogen-bond acceptors (Lipinski definition) is 6. The maximum atomic E-state index is 13.5. The lowest BCUT2D eigenvalue weighted by molar-refractivity contribution is -0.132. The Morgan fingerprint density at radius 2 is 1.88 bits per heavy atom. The SMILES string of the molecule is CCOc1cc([C@@H]2C(C#N)=C(C)NC3=C2C(=O)C[C@H](c2ccccc2)C3)ccc1OC(C)=O. The molecule has 2 atom stereocenters. The predicted molar refractivity (Wildman–Crippen MR) is 124 cm³/mol. The van der Waals surface area contributed by atoms with E-state index < -0.39 is 11.9 Å². The minimum Gasteiger partial charge on any atom is -0.490 e. The van der Waals surface area contributed by atoms with Crippen molar-refractivity contribution in [3.05, 3.63) is 82.2 Å². The first-order valence-corrected chi connectivity index (χ1v) is 11.1. The fourth-order valence-corrected chi connectivity index (χ4v) is 4.69. The molecule has 2 aromatic carbocycles. The summed E-state index contributed by atoms with van der Waals surface area (Å²) in [6.07, 6.45) is 1.09. The molecule has 0 amide bonds. The Morgan fingerprint density at radius 3 is 2.55 bits per heavy atom.